The molecule has 0 aromatic rings. The normalized spacial score (nSPS) is 21.3. The van der Waals surface area contributed by atoms with Crippen LogP contribution in [-0.4, -0.2) is 24.1 Å². The fourth-order valence-electron chi connectivity index (χ4n) is 1.24. The maximum atomic E-state index is 11.4. The molecule has 0 amide bonds. The van der Waals surface area contributed by atoms with Crippen LogP contribution in [0, 0.1) is 5.92 Å². The molecule has 0 aromatic carbocycles. The number of hydrogen-bond donors (Lipinski definition) is 1. The molecule has 74 valence electrons. The minimum absolute atomic E-state index is 0.163. The first-order valence-corrected chi connectivity index (χ1v) is 5.11. The lowest BCUT2D eigenvalue weighted by Gasteiger charge is -2.08. The van der Waals surface area contributed by atoms with Crippen molar-refractivity contribution in [3.63, 3.8) is 0 Å². The van der Waals surface area contributed by atoms with Crippen LogP contribution in [0.4, 0.5) is 0 Å². The van der Waals surface area contributed by atoms with Gasteiger partial charge in [0.05, 0.1) is 11.6 Å². The molecular weight excluding hydrogens is 186 g/mol. The number of thiocarbonyl (C=S) groups is 1. The highest BCUT2D eigenvalue weighted by Gasteiger charge is 2.28. The minimum atomic E-state index is -0.188. The number of hydrogen-bond acceptors (Lipinski definition) is 3. The van der Waals surface area contributed by atoms with Crippen molar-refractivity contribution in [1.82, 2.24) is 5.32 Å². The maximum Gasteiger partial charge on any atom is 0.315 e. The molecule has 0 aliphatic carbocycles. The topological polar surface area (TPSA) is 38.3 Å². The van der Waals surface area contributed by atoms with Gasteiger partial charge in [0.2, 0.25) is 0 Å². The lowest BCUT2D eigenvalue weighted by molar-refractivity contribution is -0.146. The van der Waals surface area contributed by atoms with Crippen LogP contribution in [0.1, 0.15) is 26.2 Å². The van der Waals surface area contributed by atoms with E-state index in [1.807, 2.05) is 0 Å². The van der Waals surface area contributed by atoms with E-state index in [0.29, 0.717) is 11.6 Å². The Bertz CT molecular complexity index is 206. The van der Waals surface area contributed by atoms with Crippen LogP contribution in [0.3, 0.4) is 0 Å². The molecule has 1 aliphatic rings. The van der Waals surface area contributed by atoms with Gasteiger partial charge in [0.15, 0.2) is 0 Å². The van der Waals surface area contributed by atoms with Crippen LogP contribution in [0.2, 0.25) is 0 Å². The number of nitrogens with one attached hydrogen (secondary N) is 1. The number of rotatable bonds is 4. The first-order valence-electron chi connectivity index (χ1n) is 4.70. The molecule has 1 fully saturated rings. The number of carbonyl (C=O) groups is 1. The quantitative estimate of drug-likeness (QED) is 0.422. The standard InChI is InChI=1S/C9H15NO2S/c1-2-3-6-12-9(11)7-4-5-10-8(7)13/h7H,2-6H2,1H3,(H,10,13). The second kappa shape index (κ2) is 5.17. The van der Waals surface area contributed by atoms with Crippen LogP contribution in [-0.2, 0) is 9.53 Å². The highest BCUT2D eigenvalue weighted by atomic mass is 32.1. The molecule has 1 atom stereocenters. The summed E-state index contributed by atoms with van der Waals surface area (Å²) in [6.07, 6.45) is 2.75. The van der Waals surface area contributed by atoms with Gasteiger partial charge in [0.25, 0.3) is 0 Å². The molecule has 1 saturated heterocycles. The van der Waals surface area contributed by atoms with E-state index in [2.05, 4.69) is 12.2 Å². The van der Waals surface area contributed by atoms with Crippen LogP contribution < -0.4 is 5.32 Å². The van der Waals surface area contributed by atoms with E-state index < -0.39 is 0 Å². The fourth-order valence-corrected chi connectivity index (χ4v) is 1.55. The van der Waals surface area contributed by atoms with E-state index >= 15 is 0 Å². The summed E-state index contributed by atoms with van der Waals surface area (Å²) < 4.78 is 5.07. The first kappa shape index (κ1) is 10.4. The molecule has 1 N–H and O–H groups in total. The Labute approximate surface area is 83.8 Å². The van der Waals surface area contributed by atoms with Gasteiger partial charge in [-0.3, -0.25) is 4.79 Å². The third-order valence-electron chi connectivity index (χ3n) is 2.08. The largest absolute Gasteiger partial charge is 0.465 e. The summed E-state index contributed by atoms with van der Waals surface area (Å²) in [7, 11) is 0. The maximum absolute atomic E-state index is 11.4. The summed E-state index contributed by atoms with van der Waals surface area (Å²) in [6, 6.07) is 0. The summed E-state index contributed by atoms with van der Waals surface area (Å²) >= 11 is 4.98. The lowest BCUT2D eigenvalue weighted by Crippen LogP contribution is -2.25. The molecule has 0 spiro atoms. The molecule has 13 heavy (non-hydrogen) atoms. The van der Waals surface area contributed by atoms with Crippen molar-refractivity contribution in [3.05, 3.63) is 0 Å². The number of carbonyl (C=O) groups excluding carboxylic acids is 1. The molecule has 4 heteroatoms. The van der Waals surface area contributed by atoms with E-state index in [4.69, 9.17) is 17.0 Å². The van der Waals surface area contributed by atoms with Crippen LogP contribution >= 0.6 is 12.2 Å². The van der Waals surface area contributed by atoms with Crippen molar-refractivity contribution in [2.75, 3.05) is 13.2 Å². The number of unbranched alkanes of at least 4 members (excludes halogenated alkanes) is 1. The predicted octanol–water partition coefficient (Wildman–Crippen LogP) is 1.27. The van der Waals surface area contributed by atoms with Gasteiger partial charge in [0.1, 0.15) is 5.92 Å². The van der Waals surface area contributed by atoms with Crippen molar-refractivity contribution in [2.24, 2.45) is 5.92 Å². The second-order valence-electron chi connectivity index (χ2n) is 3.15. The Morgan fingerprint density at radius 3 is 3.08 bits per heavy atom. The molecule has 3 nitrogen and oxygen atoms in total. The predicted molar refractivity (Wildman–Crippen MR) is 54.6 cm³/mol. The molecule has 1 aliphatic heterocycles. The van der Waals surface area contributed by atoms with Gasteiger partial charge in [-0.2, -0.15) is 0 Å². The molecule has 1 heterocycles. The monoisotopic (exact) mass is 201 g/mol. The lowest BCUT2D eigenvalue weighted by atomic mass is 10.1. The van der Waals surface area contributed by atoms with Gasteiger partial charge >= 0.3 is 5.97 Å². The van der Waals surface area contributed by atoms with Crippen molar-refractivity contribution in [2.45, 2.75) is 26.2 Å². The van der Waals surface area contributed by atoms with Crippen LogP contribution in [0.15, 0.2) is 0 Å². The Hall–Kier alpha value is -0.640. The zero-order valence-electron chi connectivity index (χ0n) is 7.84. The Balaban J connectivity index is 2.26. The highest BCUT2D eigenvalue weighted by Crippen LogP contribution is 2.12. The van der Waals surface area contributed by atoms with E-state index in [1.54, 1.807) is 0 Å². The van der Waals surface area contributed by atoms with E-state index in [1.165, 1.54) is 0 Å². The average molecular weight is 201 g/mol. The zero-order chi connectivity index (χ0) is 9.68. The van der Waals surface area contributed by atoms with Crippen molar-refractivity contribution < 1.29 is 9.53 Å². The zero-order valence-corrected chi connectivity index (χ0v) is 8.65. The van der Waals surface area contributed by atoms with Crippen molar-refractivity contribution in [3.8, 4) is 0 Å². The first-order chi connectivity index (χ1) is 6.25. The SMILES string of the molecule is CCCCOC(=O)C1CCNC1=S. The van der Waals surface area contributed by atoms with Gasteiger partial charge in [-0.05, 0) is 12.8 Å². The van der Waals surface area contributed by atoms with Gasteiger partial charge < -0.3 is 10.1 Å². The number of esters is 1. The highest BCUT2D eigenvalue weighted by molar-refractivity contribution is 7.80. The van der Waals surface area contributed by atoms with Crippen molar-refractivity contribution >= 4 is 23.2 Å². The number of ether oxygens (including phenoxy) is 1. The van der Waals surface area contributed by atoms with E-state index in [0.717, 1.165) is 25.8 Å². The molecule has 0 aromatic heterocycles. The molecule has 0 radical (unpaired) electrons. The second-order valence-corrected chi connectivity index (χ2v) is 3.59. The molecular formula is C9H15NO2S. The third-order valence-corrected chi connectivity index (χ3v) is 2.50. The third kappa shape index (κ3) is 2.95. The average Bonchev–Trinajstić information content (AvgIpc) is 2.52. The van der Waals surface area contributed by atoms with Gasteiger partial charge in [-0.15, -0.1) is 0 Å². The fraction of sp³-hybridized carbons (Fsp3) is 0.778. The van der Waals surface area contributed by atoms with Crippen LogP contribution in [0.5, 0.6) is 0 Å². The summed E-state index contributed by atoms with van der Waals surface area (Å²) in [5, 5.41) is 2.97. The molecule has 1 unspecified atom stereocenters. The molecule has 1 rings (SSSR count). The van der Waals surface area contributed by atoms with E-state index in [9.17, 15) is 4.79 Å². The summed E-state index contributed by atoms with van der Waals surface area (Å²) in [6.45, 7) is 3.39. The van der Waals surface area contributed by atoms with E-state index in [-0.39, 0.29) is 11.9 Å². The Morgan fingerprint density at radius 2 is 2.54 bits per heavy atom. The van der Waals surface area contributed by atoms with Gasteiger partial charge in [-0.25, -0.2) is 0 Å². The summed E-state index contributed by atoms with van der Waals surface area (Å²) in [4.78, 5) is 12.0. The van der Waals surface area contributed by atoms with Crippen LogP contribution in [0.25, 0.3) is 0 Å². The van der Waals surface area contributed by atoms with Gasteiger partial charge in [-0.1, -0.05) is 25.6 Å². The van der Waals surface area contributed by atoms with Crippen molar-refractivity contribution in [1.29, 1.82) is 0 Å². The summed E-state index contributed by atoms with van der Waals surface area (Å²) in [5.74, 6) is -0.352. The van der Waals surface area contributed by atoms with Gasteiger partial charge in [0, 0.05) is 6.54 Å². The molecule has 0 bridgehead atoms. The summed E-state index contributed by atoms with van der Waals surface area (Å²) in [5.41, 5.74) is 0. The Morgan fingerprint density at radius 1 is 1.77 bits per heavy atom. The smallest absolute Gasteiger partial charge is 0.315 e. The molecule has 0 saturated carbocycles. The minimum Gasteiger partial charge on any atom is -0.465 e. The Kier molecular flexibility index (Phi) is 4.15.